The number of amides is 2. The van der Waals surface area contributed by atoms with Crippen molar-refractivity contribution in [2.75, 3.05) is 13.2 Å². The van der Waals surface area contributed by atoms with Gasteiger partial charge in [0.1, 0.15) is 23.7 Å². The maximum atomic E-state index is 12.0. The quantitative estimate of drug-likeness (QED) is 0.805. The molecule has 22 heavy (non-hydrogen) atoms. The largest absolute Gasteiger partial charge is 0.491 e. The van der Waals surface area contributed by atoms with Gasteiger partial charge in [-0.1, -0.05) is 18.2 Å². The van der Waals surface area contributed by atoms with Crippen LogP contribution in [0.5, 0.6) is 5.75 Å². The summed E-state index contributed by atoms with van der Waals surface area (Å²) in [7, 11) is 0. The van der Waals surface area contributed by atoms with Crippen molar-refractivity contribution >= 4 is 6.03 Å². The molecule has 0 aliphatic carbocycles. The second-order valence-corrected chi connectivity index (χ2v) is 5.48. The second kappa shape index (κ2) is 5.73. The van der Waals surface area contributed by atoms with Gasteiger partial charge in [0.25, 0.3) is 0 Å². The maximum Gasteiger partial charge on any atom is 0.315 e. The molecule has 0 unspecified atom stereocenters. The predicted octanol–water partition coefficient (Wildman–Crippen LogP) is 1.92. The third-order valence-corrected chi connectivity index (χ3v) is 3.65. The fourth-order valence-corrected chi connectivity index (χ4v) is 2.42. The Hall–Kier alpha value is -2.47. The molecule has 2 atom stereocenters. The van der Waals surface area contributed by atoms with Gasteiger partial charge in [0.15, 0.2) is 0 Å². The zero-order valence-corrected chi connectivity index (χ0v) is 12.2. The summed E-state index contributed by atoms with van der Waals surface area (Å²) >= 11 is 0. The minimum absolute atomic E-state index is 0.0432. The topological polar surface area (TPSA) is 83.7 Å². The van der Waals surface area contributed by atoms with Crippen LogP contribution in [0.25, 0.3) is 0 Å². The number of carbonyl (C=O) groups is 1. The van der Waals surface area contributed by atoms with Gasteiger partial charge in [-0.05, 0) is 25.1 Å². The molecule has 0 saturated carbocycles. The number of ether oxygens (including phenoxy) is 1. The van der Waals surface area contributed by atoms with Crippen LogP contribution in [0.3, 0.4) is 0 Å². The lowest BCUT2D eigenvalue weighted by Gasteiger charge is -2.22. The summed E-state index contributed by atoms with van der Waals surface area (Å²) in [5.41, 5.74) is -0.305. The Bertz CT molecular complexity index is 652. The number of urea groups is 1. The van der Waals surface area contributed by atoms with Crippen molar-refractivity contribution in [2.45, 2.75) is 18.6 Å². The van der Waals surface area contributed by atoms with Gasteiger partial charge in [-0.15, -0.1) is 0 Å². The number of benzene rings is 1. The number of nitrogens with one attached hydrogen (secondary N) is 2. The number of rotatable bonds is 4. The fraction of sp³-hybridized carbons (Fsp3) is 0.312. The number of furan rings is 1. The van der Waals surface area contributed by atoms with E-state index < -0.39 is 5.60 Å². The first-order valence-corrected chi connectivity index (χ1v) is 7.09. The molecule has 0 spiro atoms. The van der Waals surface area contributed by atoms with E-state index in [-0.39, 0.29) is 18.6 Å². The first-order valence-electron chi connectivity index (χ1n) is 7.09. The highest BCUT2D eigenvalue weighted by Gasteiger charge is 2.29. The van der Waals surface area contributed by atoms with Crippen LogP contribution >= 0.6 is 0 Å². The van der Waals surface area contributed by atoms with Crippen LogP contribution < -0.4 is 15.4 Å². The van der Waals surface area contributed by atoms with Crippen molar-refractivity contribution in [3.05, 3.63) is 54.0 Å². The zero-order valence-electron chi connectivity index (χ0n) is 12.2. The standard InChI is InChI=1S/C16H18N2O4/c1-16(20,14-7-4-8-21-14)10-17-15(19)18-12-9-22-13-6-3-2-5-11(12)13/h2-8,12,20H,9-10H2,1H3,(H2,17,18,19)/t12-,16-/m1/s1. The summed E-state index contributed by atoms with van der Waals surface area (Å²) in [6, 6.07) is 10.4. The van der Waals surface area contributed by atoms with E-state index >= 15 is 0 Å². The number of hydrogen-bond acceptors (Lipinski definition) is 4. The van der Waals surface area contributed by atoms with Crippen LogP contribution in [0.2, 0.25) is 0 Å². The van der Waals surface area contributed by atoms with E-state index in [0.29, 0.717) is 12.4 Å². The van der Waals surface area contributed by atoms with Gasteiger partial charge in [0.05, 0.1) is 18.8 Å². The van der Waals surface area contributed by atoms with Crippen molar-refractivity contribution in [1.82, 2.24) is 10.6 Å². The number of fused-ring (bicyclic) bond motifs is 1. The lowest BCUT2D eigenvalue weighted by molar-refractivity contribution is 0.0366. The molecule has 0 bridgehead atoms. The van der Waals surface area contributed by atoms with E-state index in [4.69, 9.17) is 9.15 Å². The van der Waals surface area contributed by atoms with E-state index in [1.54, 1.807) is 19.1 Å². The minimum Gasteiger partial charge on any atom is -0.491 e. The molecule has 2 amide bonds. The molecule has 3 N–H and O–H groups in total. The smallest absolute Gasteiger partial charge is 0.315 e. The summed E-state index contributed by atoms with van der Waals surface area (Å²) in [5, 5.41) is 15.8. The van der Waals surface area contributed by atoms with Crippen molar-refractivity contribution in [1.29, 1.82) is 0 Å². The number of aliphatic hydroxyl groups is 1. The Morgan fingerprint density at radius 1 is 1.36 bits per heavy atom. The zero-order chi connectivity index (χ0) is 15.6. The van der Waals surface area contributed by atoms with E-state index in [1.165, 1.54) is 6.26 Å². The molecule has 3 rings (SSSR count). The molecule has 6 heteroatoms. The number of para-hydroxylation sites is 1. The van der Waals surface area contributed by atoms with Crippen molar-refractivity contribution in [3.63, 3.8) is 0 Å². The Kier molecular flexibility index (Phi) is 3.77. The molecular weight excluding hydrogens is 284 g/mol. The molecular formula is C16H18N2O4. The minimum atomic E-state index is -1.26. The second-order valence-electron chi connectivity index (χ2n) is 5.48. The van der Waals surface area contributed by atoms with Crippen LogP contribution in [-0.4, -0.2) is 24.3 Å². The molecule has 6 nitrogen and oxygen atoms in total. The van der Waals surface area contributed by atoms with Gasteiger partial charge in [-0.25, -0.2) is 4.79 Å². The molecule has 1 aliphatic heterocycles. The van der Waals surface area contributed by atoms with Gasteiger partial charge in [-0.2, -0.15) is 0 Å². The van der Waals surface area contributed by atoms with Crippen molar-refractivity contribution in [3.8, 4) is 5.75 Å². The number of carbonyl (C=O) groups excluding carboxylic acids is 1. The van der Waals surface area contributed by atoms with E-state index in [9.17, 15) is 9.90 Å². The van der Waals surface area contributed by atoms with Gasteiger partial charge in [0, 0.05) is 5.56 Å². The van der Waals surface area contributed by atoms with Gasteiger partial charge >= 0.3 is 6.03 Å². The third-order valence-electron chi connectivity index (χ3n) is 3.65. The predicted molar refractivity (Wildman–Crippen MR) is 79.5 cm³/mol. The monoisotopic (exact) mass is 302 g/mol. The highest BCUT2D eigenvalue weighted by atomic mass is 16.5. The van der Waals surface area contributed by atoms with Crippen LogP contribution in [0, 0.1) is 0 Å². The van der Waals surface area contributed by atoms with Crippen molar-refractivity contribution in [2.24, 2.45) is 0 Å². The molecule has 1 aromatic carbocycles. The summed E-state index contributed by atoms with van der Waals surface area (Å²) in [4.78, 5) is 12.0. The first-order chi connectivity index (χ1) is 10.6. The average molecular weight is 302 g/mol. The first kappa shape index (κ1) is 14.5. The van der Waals surface area contributed by atoms with Gasteiger partial charge in [-0.3, -0.25) is 0 Å². The van der Waals surface area contributed by atoms with Crippen molar-refractivity contribution < 1.29 is 19.1 Å². The Morgan fingerprint density at radius 2 is 2.18 bits per heavy atom. The van der Waals surface area contributed by atoms with Crippen LogP contribution in [0.4, 0.5) is 4.79 Å². The average Bonchev–Trinajstić information content (AvgIpc) is 3.16. The summed E-state index contributed by atoms with van der Waals surface area (Å²) in [5.74, 6) is 1.19. The number of hydrogen-bond donors (Lipinski definition) is 3. The molecule has 1 aromatic heterocycles. The molecule has 0 fully saturated rings. The van der Waals surface area contributed by atoms with Crippen LogP contribution in [0.1, 0.15) is 24.3 Å². The van der Waals surface area contributed by atoms with Gasteiger partial charge < -0.3 is 24.9 Å². The Labute approximate surface area is 128 Å². The SMILES string of the molecule is C[C@@](O)(CNC(=O)N[C@@H]1COc2ccccc21)c1ccco1. The van der Waals surface area contributed by atoms with Crippen LogP contribution in [0.15, 0.2) is 47.1 Å². The summed E-state index contributed by atoms with van der Waals surface area (Å²) in [6.07, 6.45) is 1.48. The Balaban J connectivity index is 1.56. The maximum absolute atomic E-state index is 12.0. The molecule has 1 aliphatic rings. The van der Waals surface area contributed by atoms with E-state index in [2.05, 4.69) is 10.6 Å². The Morgan fingerprint density at radius 3 is 2.95 bits per heavy atom. The summed E-state index contributed by atoms with van der Waals surface area (Å²) in [6.45, 7) is 2.03. The lowest BCUT2D eigenvalue weighted by atomic mass is 10.0. The van der Waals surface area contributed by atoms with Crippen LogP contribution in [-0.2, 0) is 5.60 Å². The third kappa shape index (κ3) is 2.92. The highest BCUT2D eigenvalue weighted by molar-refractivity contribution is 5.74. The normalized spacial score (nSPS) is 18.9. The lowest BCUT2D eigenvalue weighted by Crippen LogP contribution is -2.44. The molecule has 0 radical (unpaired) electrons. The molecule has 2 aromatic rings. The van der Waals surface area contributed by atoms with E-state index in [0.717, 1.165) is 11.3 Å². The molecule has 116 valence electrons. The molecule has 2 heterocycles. The summed E-state index contributed by atoms with van der Waals surface area (Å²) < 4.78 is 10.7. The van der Waals surface area contributed by atoms with Gasteiger partial charge in [0.2, 0.25) is 0 Å². The van der Waals surface area contributed by atoms with E-state index in [1.807, 2.05) is 24.3 Å². The fourth-order valence-electron chi connectivity index (χ4n) is 2.42. The molecule has 0 saturated heterocycles. The highest BCUT2D eigenvalue weighted by Crippen LogP contribution is 2.31.